The summed E-state index contributed by atoms with van der Waals surface area (Å²) in [7, 11) is -3.77. The molecule has 3 aromatic carbocycles. The lowest BCUT2D eigenvalue weighted by atomic mass is 10.1. The van der Waals surface area contributed by atoms with Crippen LogP contribution in [0.1, 0.15) is 36.7 Å². The van der Waals surface area contributed by atoms with Gasteiger partial charge in [0.1, 0.15) is 18.9 Å². The molecule has 8 nitrogen and oxygen atoms in total. The summed E-state index contributed by atoms with van der Waals surface area (Å²) in [4.78, 5) is 25.5. The van der Waals surface area contributed by atoms with Gasteiger partial charge in [-0.3, -0.25) is 13.9 Å². The third kappa shape index (κ3) is 7.84. The van der Waals surface area contributed by atoms with E-state index in [0.717, 1.165) is 16.1 Å². The molecule has 3 rings (SSSR count). The summed E-state index contributed by atoms with van der Waals surface area (Å²) in [5.74, 6) is -0.357. The molecule has 2 N–H and O–H groups in total. The number of ether oxygens (including phenoxy) is 1. The van der Waals surface area contributed by atoms with Crippen molar-refractivity contribution in [3.8, 4) is 5.75 Å². The van der Waals surface area contributed by atoms with Crippen LogP contribution in [0.25, 0.3) is 0 Å². The average Bonchev–Trinajstić information content (AvgIpc) is 2.81. The van der Waals surface area contributed by atoms with Crippen LogP contribution in [0.3, 0.4) is 0 Å². The molecule has 0 atom stereocenters. The molecule has 9 heteroatoms. The molecule has 0 aliphatic rings. The molecule has 3 aromatic rings. The van der Waals surface area contributed by atoms with Crippen molar-refractivity contribution in [2.24, 2.45) is 0 Å². The van der Waals surface area contributed by atoms with E-state index in [4.69, 9.17) is 4.74 Å². The van der Waals surface area contributed by atoms with Crippen LogP contribution >= 0.6 is 0 Å². The number of sulfonamides is 1. The van der Waals surface area contributed by atoms with Crippen molar-refractivity contribution in [3.63, 3.8) is 0 Å². The van der Waals surface area contributed by atoms with Crippen molar-refractivity contribution in [2.75, 3.05) is 22.4 Å². The second-order valence-electron chi connectivity index (χ2n) is 9.34. The zero-order valence-corrected chi connectivity index (χ0v) is 21.6. The van der Waals surface area contributed by atoms with Crippen LogP contribution < -0.4 is 19.7 Å². The van der Waals surface area contributed by atoms with E-state index in [1.54, 1.807) is 48.5 Å². The van der Waals surface area contributed by atoms with Crippen molar-refractivity contribution < 1.29 is 22.7 Å². The lowest BCUT2D eigenvalue weighted by Gasteiger charge is -2.23. The van der Waals surface area contributed by atoms with Crippen molar-refractivity contribution in [2.45, 2.75) is 32.9 Å². The minimum Gasteiger partial charge on any atom is -0.489 e. The summed E-state index contributed by atoms with van der Waals surface area (Å²) in [5, 5.41) is 5.53. The molecule has 0 aliphatic heterocycles. The van der Waals surface area contributed by atoms with E-state index < -0.39 is 28.0 Å². The summed E-state index contributed by atoms with van der Waals surface area (Å²) in [5.41, 5.74) is 1.44. The molecule has 0 bridgehead atoms. The van der Waals surface area contributed by atoms with Gasteiger partial charge in [0.05, 0.1) is 23.2 Å². The van der Waals surface area contributed by atoms with Gasteiger partial charge in [-0.25, -0.2) is 8.42 Å². The molecule has 190 valence electrons. The number of hydrogen-bond acceptors (Lipinski definition) is 5. The molecule has 0 fully saturated rings. The molecule has 0 saturated carbocycles. The number of nitrogens with zero attached hydrogens (tertiary/aromatic N) is 1. The number of benzene rings is 3. The first-order chi connectivity index (χ1) is 16.9. The summed E-state index contributed by atoms with van der Waals surface area (Å²) >= 11 is 0. The van der Waals surface area contributed by atoms with Gasteiger partial charge in [-0.15, -0.1) is 0 Å². The molecule has 2 amide bonds. The molecule has 0 saturated heterocycles. The molecular formula is C27H31N3O5S. The first kappa shape index (κ1) is 26.7. The van der Waals surface area contributed by atoms with Gasteiger partial charge in [0, 0.05) is 5.54 Å². The number of nitrogens with one attached hydrogen (secondary N) is 2. The lowest BCUT2D eigenvalue weighted by molar-refractivity contribution is -0.114. The smallest absolute Gasteiger partial charge is 0.253 e. The first-order valence-corrected chi connectivity index (χ1v) is 13.2. The zero-order valence-electron chi connectivity index (χ0n) is 20.8. The Kier molecular flexibility index (Phi) is 8.37. The van der Waals surface area contributed by atoms with Gasteiger partial charge in [0.2, 0.25) is 15.9 Å². The van der Waals surface area contributed by atoms with E-state index in [0.29, 0.717) is 23.7 Å². The van der Waals surface area contributed by atoms with Crippen LogP contribution in [0.5, 0.6) is 5.75 Å². The molecule has 0 spiro atoms. The number of rotatable bonds is 9. The number of carbonyl (C=O) groups excluding carboxylic acids is 2. The Balaban J connectivity index is 1.72. The molecule has 36 heavy (non-hydrogen) atoms. The summed E-state index contributed by atoms with van der Waals surface area (Å²) < 4.78 is 31.8. The SMILES string of the molecule is CC(C)(C)NC(=O)c1ccccc1NC(=O)CN(c1ccc(OCc2ccccc2)cc1)S(C)(=O)=O. The average molecular weight is 510 g/mol. The Bertz CT molecular complexity index is 1300. The summed E-state index contributed by atoms with van der Waals surface area (Å²) in [6.45, 7) is 5.48. The topological polar surface area (TPSA) is 105 Å². The van der Waals surface area contributed by atoms with Gasteiger partial charge < -0.3 is 15.4 Å². The van der Waals surface area contributed by atoms with Crippen LogP contribution in [-0.2, 0) is 21.4 Å². The summed E-state index contributed by atoms with van der Waals surface area (Å²) in [6, 6.07) is 22.7. The van der Waals surface area contributed by atoms with Crippen LogP contribution in [0.2, 0.25) is 0 Å². The lowest BCUT2D eigenvalue weighted by Crippen LogP contribution is -2.41. The predicted molar refractivity (Wildman–Crippen MR) is 142 cm³/mol. The van der Waals surface area contributed by atoms with E-state index >= 15 is 0 Å². The highest BCUT2D eigenvalue weighted by Gasteiger charge is 2.23. The van der Waals surface area contributed by atoms with Crippen LogP contribution in [0.15, 0.2) is 78.9 Å². The standard InChI is InChI=1S/C27H31N3O5S/c1-27(2,3)29-26(32)23-12-8-9-13-24(23)28-25(31)18-30(36(4,33)34)21-14-16-22(17-15-21)35-19-20-10-6-5-7-11-20/h5-17H,18-19H2,1-4H3,(H,28,31)(H,29,32). The van der Waals surface area contributed by atoms with Gasteiger partial charge in [-0.1, -0.05) is 42.5 Å². The van der Waals surface area contributed by atoms with E-state index in [9.17, 15) is 18.0 Å². The van der Waals surface area contributed by atoms with E-state index in [-0.39, 0.29) is 11.5 Å². The number of carbonyl (C=O) groups is 2. The second-order valence-corrected chi connectivity index (χ2v) is 11.2. The van der Waals surface area contributed by atoms with E-state index in [1.165, 1.54) is 0 Å². The number of hydrogen-bond donors (Lipinski definition) is 2. The van der Waals surface area contributed by atoms with Crippen LogP contribution in [0.4, 0.5) is 11.4 Å². The Morgan fingerprint density at radius 3 is 2.11 bits per heavy atom. The van der Waals surface area contributed by atoms with Gasteiger partial charge in [0.25, 0.3) is 5.91 Å². The molecule has 0 heterocycles. The minimum absolute atomic E-state index is 0.284. The zero-order chi connectivity index (χ0) is 26.3. The highest BCUT2D eigenvalue weighted by Crippen LogP contribution is 2.23. The van der Waals surface area contributed by atoms with Crippen LogP contribution in [0, 0.1) is 0 Å². The second kappa shape index (κ2) is 11.3. The Hall–Kier alpha value is -3.85. The molecule has 0 unspecified atom stereocenters. The highest BCUT2D eigenvalue weighted by molar-refractivity contribution is 7.92. The van der Waals surface area contributed by atoms with Crippen molar-refractivity contribution in [3.05, 3.63) is 90.0 Å². The quantitative estimate of drug-likeness (QED) is 0.450. The third-order valence-corrected chi connectivity index (χ3v) is 6.14. The van der Waals surface area contributed by atoms with Crippen molar-refractivity contribution in [1.29, 1.82) is 0 Å². The normalized spacial score (nSPS) is 11.4. The van der Waals surface area contributed by atoms with E-state index in [1.807, 2.05) is 51.1 Å². The fraction of sp³-hybridized carbons (Fsp3) is 0.259. The number of anilines is 2. The minimum atomic E-state index is -3.77. The highest BCUT2D eigenvalue weighted by atomic mass is 32.2. The molecule has 0 aromatic heterocycles. The Labute approximate surface area is 212 Å². The third-order valence-electron chi connectivity index (χ3n) is 4.99. The fourth-order valence-corrected chi connectivity index (χ4v) is 4.22. The maximum atomic E-state index is 12.9. The predicted octanol–water partition coefficient (Wildman–Crippen LogP) is 4.20. The van der Waals surface area contributed by atoms with E-state index in [2.05, 4.69) is 10.6 Å². The molecule has 0 radical (unpaired) electrons. The number of para-hydroxylation sites is 1. The van der Waals surface area contributed by atoms with Gasteiger partial charge >= 0.3 is 0 Å². The van der Waals surface area contributed by atoms with Crippen LogP contribution in [-0.4, -0.2) is 38.6 Å². The van der Waals surface area contributed by atoms with Gasteiger partial charge in [-0.2, -0.15) is 0 Å². The Morgan fingerprint density at radius 1 is 0.889 bits per heavy atom. The number of amides is 2. The molecule has 0 aliphatic carbocycles. The summed E-state index contributed by atoms with van der Waals surface area (Å²) in [6.07, 6.45) is 1.03. The largest absolute Gasteiger partial charge is 0.489 e. The maximum absolute atomic E-state index is 12.9. The van der Waals surface area contributed by atoms with Crippen molar-refractivity contribution in [1.82, 2.24) is 5.32 Å². The Morgan fingerprint density at radius 2 is 1.50 bits per heavy atom. The molecular weight excluding hydrogens is 478 g/mol. The van der Waals surface area contributed by atoms with Gasteiger partial charge in [0.15, 0.2) is 0 Å². The maximum Gasteiger partial charge on any atom is 0.253 e. The first-order valence-electron chi connectivity index (χ1n) is 11.4. The monoisotopic (exact) mass is 509 g/mol. The van der Waals surface area contributed by atoms with Gasteiger partial charge in [-0.05, 0) is 62.7 Å². The fourth-order valence-electron chi connectivity index (χ4n) is 3.37. The van der Waals surface area contributed by atoms with Crippen molar-refractivity contribution >= 4 is 33.2 Å².